The molecule has 0 radical (unpaired) electrons. The normalized spacial score (nSPS) is 19.3. The topological polar surface area (TPSA) is 77.2 Å². The number of nitrogens with zero attached hydrogens (tertiary/aromatic N) is 4. The predicted octanol–water partition coefficient (Wildman–Crippen LogP) is 6.29. The molecule has 2 saturated heterocycles. The van der Waals surface area contributed by atoms with E-state index in [1.165, 1.54) is 6.33 Å². The number of fused-ring (bicyclic) bond motifs is 1. The molecule has 5 rings (SSSR count). The Morgan fingerprint density at radius 3 is 2.20 bits per heavy atom. The van der Waals surface area contributed by atoms with Crippen molar-refractivity contribution in [2.24, 2.45) is 5.92 Å². The number of anilines is 1. The lowest BCUT2D eigenvalue weighted by molar-refractivity contribution is -0.0876. The monoisotopic (exact) mass is 566 g/mol. The van der Waals surface area contributed by atoms with Crippen LogP contribution in [0.25, 0.3) is 11.0 Å². The lowest BCUT2D eigenvalue weighted by Gasteiger charge is -2.38. The Hall–Kier alpha value is -2.91. The fourth-order valence-corrected chi connectivity index (χ4v) is 6.50. The van der Waals surface area contributed by atoms with Crippen molar-refractivity contribution in [1.82, 2.24) is 24.8 Å². The third kappa shape index (κ3) is 6.31. The fourth-order valence-electron chi connectivity index (χ4n) is 6.50. The SMILES string of the molecule is CC(C)N1CCC(c2cc3c(N[C@H](C)c4cccc(C(F)(F)C5CCN(C(C)C)CC5)c4)ncnc3[nH]c2=O)CC1. The number of halogens is 2. The highest BCUT2D eigenvalue weighted by atomic mass is 19.3. The molecular formula is C32H44F2N6O. The minimum absolute atomic E-state index is 0.0681. The van der Waals surface area contributed by atoms with Crippen LogP contribution in [0.15, 0.2) is 41.5 Å². The maximum Gasteiger partial charge on any atom is 0.276 e. The van der Waals surface area contributed by atoms with Gasteiger partial charge in [0.25, 0.3) is 11.5 Å². The summed E-state index contributed by atoms with van der Waals surface area (Å²) in [6.45, 7) is 13.9. The van der Waals surface area contributed by atoms with E-state index in [2.05, 4.69) is 57.8 Å². The van der Waals surface area contributed by atoms with Crippen LogP contribution in [-0.4, -0.2) is 63.0 Å². The lowest BCUT2D eigenvalue weighted by Crippen LogP contribution is -2.42. The summed E-state index contributed by atoms with van der Waals surface area (Å²) in [5.41, 5.74) is 1.96. The number of alkyl halides is 2. The zero-order chi connectivity index (χ0) is 29.3. The van der Waals surface area contributed by atoms with Crippen LogP contribution in [0.2, 0.25) is 0 Å². The summed E-state index contributed by atoms with van der Waals surface area (Å²) < 4.78 is 31.4. The molecule has 1 aromatic carbocycles. The first-order valence-corrected chi connectivity index (χ1v) is 15.2. The second kappa shape index (κ2) is 12.1. The lowest BCUT2D eigenvalue weighted by atomic mass is 9.85. The summed E-state index contributed by atoms with van der Waals surface area (Å²) >= 11 is 0. The third-order valence-electron chi connectivity index (χ3n) is 9.27. The average Bonchev–Trinajstić information content (AvgIpc) is 2.97. The van der Waals surface area contributed by atoms with Gasteiger partial charge in [-0.2, -0.15) is 0 Å². The number of rotatable bonds is 8. The molecule has 0 bridgehead atoms. The second-order valence-corrected chi connectivity index (χ2v) is 12.5. The molecule has 2 aliphatic rings. The number of aromatic nitrogens is 3. The Balaban J connectivity index is 1.35. The molecule has 2 aromatic heterocycles. The molecule has 222 valence electrons. The maximum absolute atomic E-state index is 15.7. The van der Waals surface area contributed by atoms with Crippen LogP contribution >= 0.6 is 0 Å². The van der Waals surface area contributed by atoms with Gasteiger partial charge in [-0.1, -0.05) is 18.2 Å². The molecule has 4 heterocycles. The van der Waals surface area contributed by atoms with E-state index in [4.69, 9.17) is 0 Å². The fraction of sp³-hybridized carbons (Fsp3) is 0.594. The molecule has 0 amide bonds. The molecule has 0 saturated carbocycles. The Kier molecular flexibility index (Phi) is 8.76. The van der Waals surface area contributed by atoms with Crippen molar-refractivity contribution in [1.29, 1.82) is 0 Å². The van der Waals surface area contributed by atoms with Gasteiger partial charge in [0.2, 0.25) is 0 Å². The number of benzene rings is 1. The van der Waals surface area contributed by atoms with E-state index >= 15 is 8.78 Å². The minimum atomic E-state index is -2.89. The van der Waals surface area contributed by atoms with Crippen LogP contribution in [0.4, 0.5) is 14.6 Å². The van der Waals surface area contributed by atoms with E-state index in [-0.39, 0.29) is 23.1 Å². The number of nitrogens with one attached hydrogen (secondary N) is 2. The van der Waals surface area contributed by atoms with E-state index in [0.29, 0.717) is 49.5 Å². The van der Waals surface area contributed by atoms with Crippen molar-refractivity contribution in [3.63, 3.8) is 0 Å². The number of pyridine rings is 1. The van der Waals surface area contributed by atoms with Crippen LogP contribution in [0, 0.1) is 5.92 Å². The van der Waals surface area contributed by atoms with E-state index in [9.17, 15) is 4.79 Å². The van der Waals surface area contributed by atoms with E-state index < -0.39 is 11.8 Å². The summed E-state index contributed by atoms with van der Waals surface area (Å²) in [5.74, 6) is -2.79. The van der Waals surface area contributed by atoms with Crippen LogP contribution in [0.5, 0.6) is 0 Å². The number of hydrogen-bond acceptors (Lipinski definition) is 6. The van der Waals surface area contributed by atoms with Gasteiger partial charge in [-0.05, 0) is 110 Å². The predicted molar refractivity (Wildman–Crippen MR) is 161 cm³/mol. The van der Waals surface area contributed by atoms with Gasteiger partial charge in [-0.3, -0.25) is 4.79 Å². The number of aromatic amines is 1. The van der Waals surface area contributed by atoms with Gasteiger partial charge in [0, 0.05) is 35.2 Å². The molecular weight excluding hydrogens is 522 g/mol. The van der Waals surface area contributed by atoms with Crippen molar-refractivity contribution in [3.8, 4) is 0 Å². The average molecular weight is 567 g/mol. The summed E-state index contributed by atoms with van der Waals surface area (Å²) in [6.07, 6.45) is 4.26. The highest BCUT2D eigenvalue weighted by Crippen LogP contribution is 2.42. The standard InChI is InChI=1S/C32H44F2N6O/c1-20(2)39-13-9-23(10-14-39)27-18-28-29(35-19-36-30(28)38-31(27)41)37-22(5)24-7-6-8-26(17-24)32(33,34)25-11-15-40(16-12-25)21(3)4/h6-8,17-23,25H,9-16H2,1-5H3,(H2,35,36,37,38,41)/t22-/m1/s1. The van der Waals surface area contributed by atoms with Gasteiger partial charge in [0.05, 0.1) is 5.39 Å². The Labute approximate surface area is 241 Å². The van der Waals surface area contributed by atoms with E-state index in [1.807, 2.05) is 19.1 Å². The van der Waals surface area contributed by atoms with Crippen molar-refractivity contribution in [3.05, 3.63) is 63.7 Å². The largest absolute Gasteiger partial charge is 0.363 e. The number of hydrogen-bond donors (Lipinski definition) is 2. The molecule has 0 unspecified atom stereocenters. The van der Waals surface area contributed by atoms with Crippen LogP contribution < -0.4 is 10.9 Å². The first-order chi connectivity index (χ1) is 19.5. The van der Waals surface area contributed by atoms with Crippen molar-refractivity contribution in [2.45, 2.75) is 90.3 Å². The first-order valence-electron chi connectivity index (χ1n) is 15.2. The molecule has 2 aliphatic heterocycles. The van der Waals surface area contributed by atoms with Crippen LogP contribution in [0.1, 0.15) is 89.0 Å². The van der Waals surface area contributed by atoms with Crippen LogP contribution in [-0.2, 0) is 5.92 Å². The zero-order valence-corrected chi connectivity index (χ0v) is 25.0. The Morgan fingerprint density at radius 2 is 1.56 bits per heavy atom. The van der Waals surface area contributed by atoms with Gasteiger partial charge in [0.15, 0.2) is 0 Å². The van der Waals surface area contributed by atoms with Gasteiger partial charge >= 0.3 is 0 Å². The highest BCUT2D eigenvalue weighted by molar-refractivity contribution is 5.86. The minimum Gasteiger partial charge on any atom is -0.363 e. The maximum atomic E-state index is 15.7. The molecule has 0 spiro atoms. The highest BCUT2D eigenvalue weighted by Gasteiger charge is 2.43. The summed E-state index contributed by atoms with van der Waals surface area (Å²) in [5, 5.41) is 4.15. The van der Waals surface area contributed by atoms with Crippen molar-refractivity contribution < 1.29 is 8.78 Å². The molecule has 41 heavy (non-hydrogen) atoms. The van der Waals surface area contributed by atoms with Crippen molar-refractivity contribution in [2.75, 3.05) is 31.5 Å². The van der Waals surface area contributed by atoms with E-state index in [1.54, 1.807) is 18.2 Å². The van der Waals surface area contributed by atoms with Gasteiger partial charge in [0.1, 0.15) is 17.8 Å². The quantitative estimate of drug-likeness (QED) is 0.334. The van der Waals surface area contributed by atoms with Gasteiger partial charge < -0.3 is 20.1 Å². The molecule has 2 fully saturated rings. The first kappa shape index (κ1) is 29.6. The van der Waals surface area contributed by atoms with Crippen molar-refractivity contribution >= 4 is 16.9 Å². The molecule has 2 N–H and O–H groups in total. The van der Waals surface area contributed by atoms with Crippen LogP contribution in [0.3, 0.4) is 0 Å². The Morgan fingerprint density at radius 1 is 0.927 bits per heavy atom. The molecule has 3 aromatic rings. The third-order valence-corrected chi connectivity index (χ3v) is 9.27. The zero-order valence-electron chi connectivity index (χ0n) is 25.0. The molecule has 7 nitrogen and oxygen atoms in total. The summed E-state index contributed by atoms with van der Waals surface area (Å²) in [4.78, 5) is 29.4. The number of H-pyrrole nitrogens is 1. The second-order valence-electron chi connectivity index (χ2n) is 12.5. The van der Waals surface area contributed by atoms with Gasteiger partial charge in [-0.25, -0.2) is 18.7 Å². The molecule has 9 heteroatoms. The summed E-state index contributed by atoms with van der Waals surface area (Å²) in [7, 11) is 0. The molecule has 0 aliphatic carbocycles. The molecule has 1 atom stereocenters. The van der Waals surface area contributed by atoms with E-state index in [0.717, 1.165) is 42.4 Å². The number of piperidine rings is 2. The Bertz CT molecular complexity index is 1390. The smallest absolute Gasteiger partial charge is 0.276 e. The summed E-state index contributed by atoms with van der Waals surface area (Å²) in [6, 6.07) is 9.29. The van der Waals surface area contributed by atoms with Gasteiger partial charge in [-0.15, -0.1) is 0 Å². The number of likely N-dealkylation sites (tertiary alicyclic amines) is 2.